The molecule has 0 bridgehead atoms. The predicted octanol–water partition coefficient (Wildman–Crippen LogP) is 3.07. The molecule has 0 aliphatic carbocycles. The Bertz CT molecular complexity index is 1020. The summed E-state index contributed by atoms with van der Waals surface area (Å²) in [5.74, 6) is -0.361. The van der Waals surface area contributed by atoms with E-state index in [1.807, 2.05) is 19.9 Å². The Morgan fingerprint density at radius 2 is 1.96 bits per heavy atom. The van der Waals surface area contributed by atoms with Crippen molar-refractivity contribution in [3.8, 4) is 0 Å². The Balaban J connectivity index is 1.89. The second-order valence-corrected chi connectivity index (χ2v) is 6.83. The number of fused-ring (bicyclic) bond motifs is 1. The molecule has 0 saturated carbocycles. The van der Waals surface area contributed by atoms with Crippen LogP contribution in [-0.4, -0.2) is 15.0 Å². The van der Waals surface area contributed by atoms with Gasteiger partial charge in [-0.2, -0.15) is 0 Å². The molecule has 1 amide bonds. The number of amides is 1. The summed E-state index contributed by atoms with van der Waals surface area (Å²) in [5, 5.41) is 3.22. The summed E-state index contributed by atoms with van der Waals surface area (Å²) in [5.41, 5.74) is 1.38. The average Bonchev–Trinajstić information content (AvgIpc) is 2.94. The lowest BCUT2D eigenvalue weighted by atomic mass is 10.2. The van der Waals surface area contributed by atoms with E-state index in [4.69, 9.17) is 0 Å². The van der Waals surface area contributed by atoms with E-state index in [2.05, 4.69) is 5.32 Å². The van der Waals surface area contributed by atoms with Gasteiger partial charge in [-0.25, -0.2) is 4.39 Å². The highest BCUT2D eigenvalue weighted by molar-refractivity contribution is 5.98. The van der Waals surface area contributed by atoms with Crippen LogP contribution < -0.4 is 10.9 Å². The molecule has 0 unspecified atom stereocenters. The van der Waals surface area contributed by atoms with Gasteiger partial charge in [-0.05, 0) is 24.1 Å². The van der Waals surface area contributed by atoms with Gasteiger partial charge >= 0.3 is 0 Å². The van der Waals surface area contributed by atoms with Crippen LogP contribution in [0.5, 0.6) is 0 Å². The SMILES string of the molecule is CC(C)Cn1ccc2c(cc(C(=O)NCc3ccccc3F)n2C)c1=O. The molecule has 136 valence electrons. The highest BCUT2D eigenvalue weighted by atomic mass is 19.1. The van der Waals surface area contributed by atoms with Crippen molar-refractivity contribution < 1.29 is 9.18 Å². The third-order valence-corrected chi connectivity index (χ3v) is 4.38. The minimum atomic E-state index is -0.360. The third-order valence-electron chi connectivity index (χ3n) is 4.38. The van der Waals surface area contributed by atoms with Crippen LogP contribution >= 0.6 is 0 Å². The number of pyridine rings is 1. The fraction of sp³-hybridized carbons (Fsp3) is 0.300. The zero-order valence-electron chi connectivity index (χ0n) is 15.1. The van der Waals surface area contributed by atoms with Gasteiger partial charge in [0.15, 0.2) is 0 Å². The minimum Gasteiger partial charge on any atom is -0.347 e. The molecular weight excluding hydrogens is 333 g/mol. The first kappa shape index (κ1) is 17.9. The maximum absolute atomic E-state index is 13.7. The summed E-state index contributed by atoms with van der Waals surface area (Å²) in [6.07, 6.45) is 1.76. The molecule has 0 atom stereocenters. The van der Waals surface area contributed by atoms with Crippen LogP contribution in [0.25, 0.3) is 10.9 Å². The van der Waals surface area contributed by atoms with E-state index in [1.54, 1.807) is 46.6 Å². The first-order valence-corrected chi connectivity index (χ1v) is 8.59. The lowest BCUT2D eigenvalue weighted by Crippen LogP contribution is -2.25. The maximum Gasteiger partial charge on any atom is 0.268 e. The topological polar surface area (TPSA) is 56.0 Å². The predicted molar refractivity (Wildman–Crippen MR) is 99.6 cm³/mol. The van der Waals surface area contributed by atoms with Crippen LogP contribution in [0.4, 0.5) is 4.39 Å². The zero-order chi connectivity index (χ0) is 18.8. The van der Waals surface area contributed by atoms with Crippen LogP contribution in [-0.2, 0) is 20.1 Å². The van der Waals surface area contributed by atoms with E-state index in [1.165, 1.54) is 6.07 Å². The van der Waals surface area contributed by atoms with Crippen molar-refractivity contribution in [1.29, 1.82) is 0 Å². The first-order chi connectivity index (χ1) is 12.4. The number of benzene rings is 1. The molecule has 2 heterocycles. The number of hydrogen-bond donors (Lipinski definition) is 1. The molecular formula is C20H22FN3O2. The van der Waals surface area contributed by atoms with Gasteiger partial charge in [0.1, 0.15) is 11.5 Å². The number of aromatic nitrogens is 2. The van der Waals surface area contributed by atoms with Gasteiger partial charge in [0.25, 0.3) is 11.5 Å². The van der Waals surface area contributed by atoms with Gasteiger partial charge in [-0.1, -0.05) is 32.0 Å². The first-order valence-electron chi connectivity index (χ1n) is 8.59. The molecule has 1 aromatic carbocycles. The standard InChI is InChI=1S/C20H22FN3O2/c1-13(2)12-24-9-8-17-15(20(24)26)10-18(23(17)3)19(25)22-11-14-6-4-5-7-16(14)21/h4-10,13H,11-12H2,1-3H3,(H,22,25). The lowest BCUT2D eigenvalue weighted by molar-refractivity contribution is 0.0943. The largest absolute Gasteiger partial charge is 0.347 e. The van der Waals surface area contributed by atoms with Crippen LogP contribution in [0.2, 0.25) is 0 Å². The number of carbonyl (C=O) groups is 1. The molecule has 0 saturated heterocycles. The molecule has 0 aliphatic heterocycles. The zero-order valence-corrected chi connectivity index (χ0v) is 15.1. The number of carbonyl (C=O) groups excluding carboxylic acids is 1. The van der Waals surface area contributed by atoms with Crippen molar-refractivity contribution in [2.45, 2.75) is 26.9 Å². The smallest absolute Gasteiger partial charge is 0.268 e. The number of nitrogens with zero attached hydrogens (tertiary/aromatic N) is 2. The van der Waals surface area contributed by atoms with Gasteiger partial charge < -0.3 is 14.5 Å². The Hall–Kier alpha value is -2.89. The van der Waals surface area contributed by atoms with Crippen molar-refractivity contribution in [1.82, 2.24) is 14.5 Å². The van der Waals surface area contributed by atoms with E-state index in [-0.39, 0.29) is 23.8 Å². The number of aryl methyl sites for hydroxylation is 1. The minimum absolute atomic E-state index is 0.0879. The molecule has 0 spiro atoms. The second-order valence-electron chi connectivity index (χ2n) is 6.83. The fourth-order valence-corrected chi connectivity index (χ4v) is 3.04. The van der Waals surface area contributed by atoms with Gasteiger partial charge in [0.2, 0.25) is 0 Å². The normalized spacial score (nSPS) is 11.3. The third kappa shape index (κ3) is 3.40. The van der Waals surface area contributed by atoms with Crippen molar-refractivity contribution in [3.05, 3.63) is 70.0 Å². The monoisotopic (exact) mass is 355 g/mol. The van der Waals surface area contributed by atoms with Crippen molar-refractivity contribution >= 4 is 16.8 Å². The molecule has 5 nitrogen and oxygen atoms in total. The molecule has 2 aromatic heterocycles. The van der Waals surface area contributed by atoms with Gasteiger partial charge in [-0.15, -0.1) is 0 Å². The number of rotatable bonds is 5. The quantitative estimate of drug-likeness (QED) is 0.765. The summed E-state index contributed by atoms with van der Waals surface area (Å²) in [4.78, 5) is 25.2. The highest BCUT2D eigenvalue weighted by Gasteiger charge is 2.16. The van der Waals surface area contributed by atoms with Crippen LogP contribution in [0.15, 0.2) is 47.4 Å². The number of nitrogens with one attached hydrogen (secondary N) is 1. The van der Waals surface area contributed by atoms with E-state index in [0.717, 1.165) is 0 Å². The molecule has 6 heteroatoms. The van der Waals surface area contributed by atoms with Crippen LogP contribution in [0.3, 0.4) is 0 Å². The Labute approximate surface area is 151 Å². The molecule has 3 rings (SSSR count). The summed E-state index contributed by atoms with van der Waals surface area (Å²) >= 11 is 0. The van der Waals surface area contributed by atoms with Gasteiger partial charge in [0.05, 0.1) is 10.9 Å². The van der Waals surface area contributed by atoms with Crippen LogP contribution in [0, 0.1) is 11.7 Å². The average molecular weight is 355 g/mol. The number of halogens is 1. The molecule has 0 radical (unpaired) electrons. The summed E-state index contributed by atoms with van der Waals surface area (Å²) in [7, 11) is 1.74. The second kappa shape index (κ2) is 7.15. The van der Waals surface area contributed by atoms with Crippen molar-refractivity contribution in [2.24, 2.45) is 13.0 Å². The van der Waals surface area contributed by atoms with E-state index in [9.17, 15) is 14.0 Å². The number of hydrogen-bond acceptors (Lipinski definition) is 2. The highest BCUT2D eigenvalue weighted by Crippen LogP contribution is 2.16. The fourth-order valence-electron chi connectivity index (χ4n) is 3.04. The van der Waals surface area contributed by atoms with Crippen molar-refractivity contribution in [2.75, 3.05) is 0 Å². The Kier molecular flexibility index (Phi) is 4.93. The molecule has 0 aliphatic rings. The maximum atomic E-state index is 13.7. The summed E-state index contributed by atoms with van der Waals surface area (Å²) < 4.78 is 17.0. The lowest BCUT2D eigenvalue weighted by Gasteiger charge is -2.09. The Morgan fingerprint density at radius 3 is 2.65 bits per heavy atom. The van der Waals surface area contributed by atoms with E-state index >= 15 is 0 Å². The van der Waals surface area contributed by atoms with Crippen molar-refractivity contribution in [3.63, 3.8) is 0 Å². The van der Waals surface area contributed by atoms with E-state index in [0.29, 0.717) is 34.6 Å². The Morgan fingerprint density at radius 1 is 1.23 bits per heavy atom. The van der Waals surface area contributed by atoms with Crippen LogP contribution in [0.1, 0.15) is 29.9 Å². The molecule has 1 N–H and O–H groups in total. The van der Waals surface area contributed by atoms with E-state index < -0.39 is 0 Å². The summed E-state index contributed by atoms with van der Waals surface area (Å²) in [6, 6.07) is 9.75. The molecule has 3 aromatic rings. The van der Waals surface area contributed by atoms with Gasteiger partial charge in [-0.3, -0.25) is 9.59 Å². The molecule has 26 heavy (non-hydrogen) atoms. The summed E-state index contributed by atoms with van der Waals surface area (Å²) in [6.45, 7) is 4.80. The molecule has 0 fully saturated rings. The van der Waals surface area contributed by atoms with Gasteiger partial charge in [0, 0.05) is 31.9 Å².